The molecule has 4 nitrogen and oxygen atoms in total. The number of carbonyl (C=O) groups excluding carboxylic acids is 1. The first-order chi connectivity index (χ1) is 9.63. The zero-order chi connectivity index (χ0) is 14.5. The first-order valence-electron chi connectivity index (χ1n) is 7.49. The number of nitrogens with zero attached hydrogens (tertiary/aromatic N) is 1. The molecule has 2 rings (SSSR count). The van der Waals surface area contributed by atoms with E-state index in [1.165, 1.54) is 23.9 Å². The van der Waals surface area contributed by atoms with Crippen LogP contribution in [0.5, 0.6) is 0 Å². The number of carbonyl (C=O) groups is 2. The summed E-state index contributed by atoms with van der Waals surface area (Å²) in [5, 5.41) is 8.57. The van der Waals surface area contributed by atoms with Gasteiger partial charge in [-0.25, -0.2) is 0 Å². The number of amides is 1. The van der Waals surface area contributed by atoms with E-state index in [1.54, 1.807) is 0 Å². The summed E-state index contributed by atoms with van der Waals surface area (Å²) in [6, 6.07) is 0.373. The fourth-order valence-electron chi connectivity index (χ4n) is 2.58. The molecule has 1 unspecified atom stereocenters. The maximum Gasteiger partial charge on any atom is 0.316 e. The predicted molar refractivity (Wildman–Crippen MR) is 80.6 cm³/mol. The molecule has 0 heterocycles. The van der Waals surface area contributed by atoms with Crippen LogP contribution in [0.25, 0.3) is 0 Å². The van der Waals surface area contributed by atoms with Gasteiger partial charge in [0.2, 0.25) is 5.91 Å². The number of allylic oxidation sites excluding steroid dienone is 2. The molecule has 1 N–H and O–H groups in total. The molecular weight excluding hydrogens is 274 g/mol. The highest BCUT2D eigenvalue weighted by Gasteiger charge is 2.35. The lowest BCUT2D eigenvalue weighted by Crippen LogP contribution is -2.35. The van der Waals surface area contributed by atoms with E-state index in [-0.39, 0.29) is 11.7 Å². The average Bonchev–Trinajstić information content (AvgIpc) is 3.25. The van der Waals surface area contributed by atoms with E-state index in [2.05, 4.69) is 6.08 Å². The maximum absolute atomic E-state index is 12.4. The summed E-state index contributed by atoms with van der Waals surface area (Å²) in [5.74, 6) is -0.455. The second-order valence-electron chi connectivity index (χ2n) is 5.48. The number of rotatable bonds is 7. The van der Waals surface area contributed by atoms with Gasteiger partial charge < -0.3 is 10.0 Å². The Balaban J connectivity index is 1.94. The van der Waals surface area contributed by atoms with Gasteiger partial charge in [-0.05, 0) is 44.9 Å². The molecule has 0 aliphatic heterocycles. The second kappa shape index (κ2) is 7.16. The van der Waals surface area contributed by atoms with Crippen LogP contribution in [0.1, 0.15) is 51.9 Å². The Morgan fingerprint density at radius 3 is 2.70 bits per heavy atom. The number of carboxylic acid groups (broad SMARTS) is 1. The maximum atomic E-state index is 12.4. The Morgan fingerprint density at radius 1 is 1.45 bits per heavy atom. The van der Waals surface area contributed by atoms with Crippen molar-refractivity contribution in [2.75, 3.05) is 5.75 Å². The molecule has 2 aliphatic rings. The van der Waals surface area contributed by atoms with E-state index in [0.29, 0.717) is 12.5 Å². The van der Waals surface area contributed by atoms with Crippen molar-refractivity contribution in [2.24, 2.45) is 0 Å². The molecule has 5 heteroatoms. The lowest BCUT2D eigenvalue weighted by atomic mass is 10.0. The third-order valence-corrected chi connectivity index (χ3v) is 5.16. The molecule has 2 aliphatic carbocycles. The Morgan fingerprint density at radius 2 is 2.20 bits per heavy atom. The standard InChI is InChI=1S/C15H23NO3S/c1-2-13(15(18)19)20-10-14(17)16(12-8-9-12)11-6-4-3-5-7-11/h6,12-13H,2-5,7-10H2,1H3,(H,18,19). The summed E-state index contributed by atoms with van der Waals surface area (Å²) in [5.41, 5.74) is 1.17. The molecule has 1 fully saturated rings. The summed E-state index contributed by atoms with van der Waals surface area (Å²) in [6.45, 7) is 1.85. The normalized spacial score (nSPS) is 20.1. The molecule has 1 saturated carbocycles. The van der Waals surface area contributed by atoms with Crippen molar-refractivity contribution >= 4 is 23.6 Å². The monoisotopic (exact) mass is 297 g/mol. The zero-order valence-electron chi connectivity index (χ0n) is 12.0. The summed E-state index contributed by atoms with van der Waals surface area (Å²) >= 11 is 1.26. The lowest BCUT2D eigenvalue weighted by molar-refractivity contribution is -0.136. The first kappa shape index (κ1) is 15.4. The number of thioether (sulfide) groups is 1. The fraction of sp³-hybridized carbons (Fsp3) is 0.733. The highest BCUT2D eigenvalue weighted by atomic mass is 32.2. The van der Waals surface area contributed by atoms with Crippen LogP contribution in [-0.4, -0.2) is 38.9 Å². The minimum atomic E-state index is -0.819. The molecule has 20 heavy (non-hydrogen) atoms. The second-order valence-corrected chi connectivity index (χ2v) is 6.67. The molecule has 112 valence electrons. The highest BCUT2D eigenvalue weighted by Crippen LogP contribution is 2.34. The topological polar surface area (TPSA) is 57.6 Å². The number of carboxylic acids is 1. The third-order valence-electron chi connectivity index (χ3n) is 3.81. The number of hydrogen-bond donors (Lipinski definition) is 1. The van der Waals surface area contributed by atoms with Crippen LogP contribution in [0.4, 0.5) is 0 Å². The molecule has 1 atom stereocenters. The predicted octanol–water partition coefficient (Wildman–Crippen LogP) is 3.03. The molecule has 1 amide bonds. The van der Waals surface area contributed by atoms with Gasteiger partial charge in [0.25, 0.3) is 0 Å². The Bertz CT molecular complexity index is 404. The highest BCUT2D eigenvalue weighted by molar-refractivity contribution is 8.01. The van der Waals surface area contributed by atoms with Crippen molar-refractivity contribution in [2.45, 2.75) is 63.2 Å². The smallest absolute Gasteiger partial charge is 0.316 e. The van der Waals surface area contributed by atoms with E-state index < -0.39 is 11.2 Å². The van der Waals surface area contributed by atoms with Gasteiger partial charge in [-0.1, -0.05) is 13.0 Å². The first-order valence-corrected chi connectivity index (χ1v) is 8.53. The van der Waals surface area contributed by atoms with Gasteiger partial charge in [-0.2, -0.15) is 0 Å². The van der Waals surface area contributed by atoms with Crippen molar-refractivity contribution in [3.8, 4) is 0 Å². The minimum absolute atomic E-state index is 0.0883. The van der Waals surface area contributed by atoms with Crippen LogP contribution in [-0.2, 0) is 9.59 Å². The van der Waals surface area contributed by atoms with Gasteiger partial charge in [0.05, 0.1) is 5.75 Å². The Hall–Kier alpha value is -0.970. The van der Waals surface area contributed by atoms with Gasteiger partial charge in [0.1, 0.15) is 5.25 Å². The van der Waals surface area contributed by atoms with Crippen molar-refractivity contribution in [1.29, 1.82) is 0 Å². The molecule has 0 aromatic carbocycles. The molecule has 0 aromatic rings. The van der Waals surface area contributed by atoms with E-state index in [0.717, 1.165) is 32.1 Å². The molecule has 0 bridgehead atoms. The van der Waals surface area contributed by atoms with Crippen LogP contribution in [0.2, 0.25) is 0 Å². The van der Waals surface area contributed by atoms with E-state index in [9.17, 15) is 9.59 Å². The number of hydrogen-bond acceptors (Lipinski definition) is 3. The molecule has 0 radical (unpaired) electrons. The van der Waals surface area contributed by atoms with E-state index in [1.807, 2.05) is 11.8 Å². The lowest BCUT2D eigenvalue weighted by Gasteiger charge is -2.28. The third kappa shape index (κ3) is 4.01. The van der Waals surface area contributed by atoms with Crippen LogP contribution < -0.4 is 0 Å². The fourth-order valence-corrected chi connectivity index (χ4v) is 3.44. The van der Waals surface area contributed by atoms with Crippen LogP contribution in [0.3, 0.4) is 0 Å². The zero-order valence-corrected chi connectivity index (χ0v) is 12.8. The quantitative estimate of drug-likeness (QED) is 0.784. The Labute approximate surface area is 124 Å². The van der Waals surface area contributed by atoms with Crippen molar-refractivity contribution in [1.82, 2.24) is 4.90 Å². The Kier molecular flexibility index (Phi) is 5.52. The minimum Gasteiger partial charge on any atom is -0.480 e. The van der Waals surface area contributed by atoms with Crippen molar-refractivity contribution in [3.63, 3.8) is 0 Å². The van der Waals surface area contributed by atoms with Crippen molar-refractivity contribution in [3.05, 3.63) is 11.8 Å². The van der Waals surface area contributed by atoms with Gasteiger partial charge in [-0.3, -0.25) is 9.59 Å². The van der Waals surface area contributed by atoms with Gasteiger partial charge in [0.15, 0.2) is 0 Å². The summed E-state index contributed by atoms with van der Waals surface area (Å²) in [4.78, 5) is 25.4. The molecule has 0 spiro atoms. The summed E-state index contributed by atoms with van der Waals surface area (Å²) in [6.07, 6.45) is 9.34. The van der Waals surface area contributed by atoms with Gasteiger partial charge in [-0.15, -0.1) is 11.8 Å². The largest absolute Gasteiger partial charge is 0.480 e. The van der Waals surface area contributed by atoms with E-state index in [4.69, 9.17) is 5.11 Å². The van der Waals surface area contributed by atoms with Crippen molar-refractivity contribution < 1.29 is 14.7 Å². The van der Waals surface area contributed by atoms with Gasteiger partial charge in [0, 0.05) is 11.7 Å². The number of aliphatic carboxylic acids is 1. The molecule has 0 aromatic heterocycles. The van der Waals surface area contributed by atoms with Crippen LogP contribution in [0, 0.1) is 0 Å². The molecule has 0 saturated heterocycles. The van der Waals surface area contributed by atoms with Gasteiger partial charge >= 0.3 is 5.97 Å². The average molecular weight is 297 g/mol. The molecular formula is C15H23NO3S. The SMILES string of the molecule is CCC(SCC(=O)N(C1=CCCCC1)C1CC1)C(=O)O. The van der Waals surface area contributed by atoms with Crippen LogP contribution in [0.15, 0.2) is 11.8 Å². The summed E-state index contributed by atoms with van der Waals surface area (Å²) in [7, 11) is 0. The van der Waals surface area contributed by atoms with Crippen LogP contribution >= 0.6 is 11.8 Å². The van der Waals surface area contributed by atoms with E-state index >= 15 is 0 Å². The summed E-state index contributed by atoms with van der Waals surface area (Å²) < 4.78 is 0.